The molecular weight excluding hydrogens is 364 g/mol. The van der Waals surface area contributed by atoms with E-state index in [4.69, 9.17) is 15.6 Å². The van der Waals surface area contributed by atoms with Gasteiger partial charge in [-0.15, -0.1) is 0 Å². The maximum Gasteiger partial charge on any atom is 0.239 e. The molecule has 0 aliphatic rings. The number of nitrogens with two attached hydrogens (primary N) is 1. The minimum atomic E-state index is -0.581. The number of nitrogens with zero attached hydrogens (tertiary/aromatic N) is 1. The molecule has 1 atom stereocenters. The minimum absolute atomic E-state index is 0.0314. The van der Waals surface area contributed by atoms with E-state index in [2.05, 4.69) is 24.3 Å². The lowest BCUT2D eigenvalue weighted by Gasteiger charge is -2.22. The molecule has 3 aromatic rings. The maximum absolute atomic E-state index is 12.7. The fraction of sp³-hybridized carbons (Fsp3) is 0.292. The average Bonchev–Trinajstić information content (AvgIpc) is 2.75. The third-order valence-electron chi connectivity index (χ3n) is 5.00. The molecule has 0 bridgehead atoms. The van der Waals surface area contributed by atoms with Gasteiger partial charge in [0.05, 0.1) is 12.6 Å². The molecule has 0 aliphatic heterocycles. The first kappa shape index (κ1) is 20.8. The zero-order valence-corrected chi connectivity index (χ0v) is 16.8. The van der Waals surface area contributed by atoms with Gasteiger partial charge < -0.3 is 20.5 Å². The Bertz CT molecular complexity index is 958. The van der Waals surface area contributed by atoms with E-state index in [9.17, 15) is 4.79 Å². The smallest absolute Gasteiger partial charge is 0.239 e. The van der Waals surface area contributed by atoms with Crippen LogP contribution in [0.2, 0.25) is 0 Å². The molecule has 0 fully saturated rings. The topological polar surface area (TPSA) is 75.8 Å². The highest BCUT2D eigenvalue weighted by molar-refractivity contribution is 5.84. The van der Waals surface area contributed by atoms with Crippen LogP contribution >= 0.6 is 0 Å². The SMILES string of the molecule is CN(CCc1ccccc1OCCO)C(=O)[C@H](N)Cc1ccc2ccccc2c1. The van der Waals surface area contributed by atoms with Crippen molar-refractivity contribution in [3.8, 4) is 5.75 Å². The number of hydrogen-bond acceptors (Lipinski definition) is 4. The number of ether oxygens (including phenoxy) is 1. The lowest BCUT2D eigenvalue weighted by atomic mass is 10.0. The summed E-state index contributed by atoms with van der Waals surface area (Å²) in [6.07, 6.45) is 1.16. The van der Waals surface area contributed by atoms with E-state index in [1.165, 1.54) is 5.39 Å². The molecule has 152 valence electrons. The summed E-state index contributed by atoms with van der Waals surface area (Å²) in [6, 6.07) is 21.4. The van der Waals surface area contributed by atoms with Crippen molar-refractivity contribution in [2.45, 2.75) is 18.9 Å². The van der Waals surface area contributed by atoms with Gasteiger partial charge in [-0.3, -0.25) is 4.79 Å². The lowest BCUT2D eigenvalue weighted by molar-refractivity contribution is -0.131. The van der Waals surface area contributed by atoms with Gasteiger partial charge in [-0.1, -0.05) is 60.7 Å². The van der Waals surface area contributed by atoms with Gasteiger partial charge in [0.1, 0.15) is 12.4 Å². The standard InChI is InChI=1S/C24H28N2O3/c1-26(13-12-20-7-4-5-9-23(20)29-15-14-27)24(28)22(25)17-18-10-11-19-6-2-3-8-21(19)16-18/h2-11,16,22,27H,12-15,17,25H2,1H3/t22-/m1/s1. The number of fused-ring (bicyclic) bond motifs is 1. The Morgan fingerprint density at radius 3 is 2.59 bits per heavy atom. The van der Waals surface area contributed by atoms with Crippen molar-refractivity contribution in [3.05, 3.63) is 77.9 Å². The van der Waals surface area contributed by atoms with Gasteiger partial charge in [0.25, 0.3) is 0 Å². The summed E-state index contributed by atoms with van der Waals surface area (Å²) in [5.74, 6) is 0.662. The van der Waals surface area contributed by atoms with Gasteiger partial charge in [0, 0.05) is 13.6 Å². The maximum atomic E-state index is 12.7. The van der Waals surface area contributed by atoms with Crippen LogP contribution in [0.25, 0.3) is 10.8 Å². The van der Waals surface area contributed by atoms with Crippen molar-refractivity contribution in [3.63, 3.8) is 0 Å². The van der Waals surface area contributed by atoms with E-state index >= 15 is 0 Å². The van der Waals surface area contributed by atoms with Gasteiger partial charge in [-0.05, 0) is 40.8 Å². The molecule has 5 nitrogen and oxygen atoms in total. The van der Waals surface area contributed by atoms with Crippen LogP contribution < -0.4 is 10.5 Å². The Morgan fingerprint density at radius 2 is 1.79 bits per heavy atom. The lowest BCUT2D eigenvalue weighted by Crippen LogP contribution is -2.43. The third-order valence-corrected chi connectivity index (χ3v) is 5.00. The van der Waals surface area contributed by atoms with Crippen molar-refractivity contribution < 1.29 is 14.6 Å². The number of likely N-dealkylation sites (N-methyl/N-ethyl adjacent to an activating group) is 1. The number of aliphatic hydroxyl groups excluding tert-OH is 1. The molecule has 0 spiro atoms. The third kappa shape index (κ3) is 5.56. The van der Waals surface area contributed by atoms with E-state index < -0.39 is 6.04 Å². The van der Waals surface area contributed by atoms with Crippen LogP contribution in [0.4, 0.5) is 0 Å². The highest BCUT2D eigenvalue weighted by Gasteiger charge is 2.19. The Kier molecular flexibility index (Phi) is 7.22. The molecule has 3 aromatic carbocycles. The van der Waals surface area contributed by atoms with Crippen LogP contribution in [0.1, 0.15) is 11.1 Å². The number of carbonyl (C=O) groups excluding carboxylic acids is 1. The van der Waals surface area contributed by atoms with Crippen LogP contribution in [0.5, 0.6) is 5.75 Å². The first-order valence-electron chi connectivity index (χ1n) is 9.88. The van der Waals surface area contributed by atoms with Crippen molar-refractivity contribution in [1.29, 1.82) is 0 Å². The van der Waals surface area contributed by atoms with Gasteiger partial charge in [0.15, 0.2) is 0 Å². The summed E-state index contributed by atoms with van der Waals surface area (Å²) >= 11 is 0. The van der Waals surface area contributed by atoms with Crippen molar-refractivity contribution in [2.24, 2.45) is 5.73 Å². The summed E-state index contributed by atoms with van der Waals surface area (Å²) < 4.78 is 5.56. The molecule has 0 saturated carbocycles. The number of benzene rings is 3. The van der Waals surface area contributed by atoms with Gasteiger partial charge in [-0.2, -0.15) is 0 Å². The average molecular weight is 392 g/mol. The normalized spacial score (nSPS) is 12.0. The largest absolute Gasteiger partial charge is 0.491 e. The van der Waals surface area contributed by atoms with Gasteiger partial charge >= 0.3 is 0 Å². The molecule has 3 rings (SSSR count). The number of para-hydroxylation sites is 1. The number of carbonyl (C=O) groups is 1. The van der Waals surface area contributed by atoms with Crippen LogP contribution in [-0.2, 0) is 17.6 Å². The summed E-state index contributed by atoms with van der Waals surface area (Å²) in [4.78, 5) is 14.4. The molecule has 1 amide bonds. The van der Waals surface area contributed by atoms with Crippen molar-refractivity contribution >= 4 is 16.7 Å². The second-order valence-electron chi connectivity index (χ2n) is 7.18. The molecule has 0 aliphatic carbocycles. The van der Waals surface area contributed by atoms with Crippen LogP contribution in [0.3, 0.4) is 0 Å². The summed E-state index contributed by atoms with van der Waals surface area (Å²) in [5, 5.41) is 11.3. The fourth-order valence-electron chi connectivity index (χ4n) is 3.40. The Labute approximate surface area is 171 Å². The first-order chi connectivity index (χ1) is 14.1. The Balaban J connectivity index is 1.58. The van der Waals surface area contributed by atoms with Gasteiger partial charge in [-0.25, -0.2) is 0 Å². The summed E-state index contributed by atoms with van der Waals surface area (Å²) in [6.45, 7) is 0.766. The minimum Gasteiger partial charge on any atom is -0.491 e. The number of hydrogen-bond donors (Lipinski definition) is 2. The highest BCUT2D eigenvalue weighted by atomic mass is 16.5. The monoisotopic (exact) mass is 392 g/mol. The fourth-order valence-corrected chi connectivity index (χ4v) is 3.40. The zero-order chi connectivity index (χ0) is 20.6. The van der Waals surface area contributed by atoms with Crippen LogP contribution in [-0.4, -0.2) is 48.8 Å². The Morgan fingerprint density at radius 1 is 1.07 bits per heavy atom. The summed E-state index contributed by atoms with van der Waals surface area (Å²) in [7, 11) is 1.78. The molecule has 0 unspecified atom stereocenters. The molecular formula is C24H28N2O3. The van der Waals surface area contributed by atoms with E-state index in [1.807, 2.05) is 42.5 Å². The quantitative estimate of drug-likeness (QED) is 0.587. The van der Waals surface area contributed by atoms with E-state index in [-0.39, 0.29) is 19.1 Å². The van der Waals surface area contributed by atoms with Crippen molar-refractivity contribution in [2.75, 3.05) is 26.8 Å². The van der Waals surface area contributed by atoms with Crippen LogP contribution in [0, 0.1) is 0 Å². The molecule has 3 N–H and O–H groups in total. The predicted octanol–water partition coefficient (Wildman–Crippen LogP) is 2.78. The summed E-state index contributed by atoms with van der Waals surface area (Å²) in [5.41, 5.74) is 8.27. The molecule has 0 heterocycles. The molecule has 5 heteroatoms. The molecule has 0 aromatic heterocycles. The van der Waals surface area contributed by atoms with Crippen LogP contribution in [0.15, 0.2) is 66.7 Å². The van der Waals surface area contributed by atoms with E-state index in [0.29, 0.717) is 19.4 Å². The molecule has 29 heavy (non-hydrogen) atoms. The first-order valence-corrected chi connectivity index (χ1v) is 9.88. The van der Waals surface area contributed by atoms with E-state index in [1.54, 1.807) is 11.9 Å². The number of aliphatic hydroxyl groups is 1. The second-order valence-corrected chi connectivity index (χ2v) is 7.18. The molecule has 0 radical (unpaired) electrons. The Hall–Kier alpha value is -2.89. The van der Waals surface area contributed by atoms with Crippen molar-refractivity contribution in [1.82, 2.24) is 4.90 Å². The number of amides is 1. The number of rotatable bonds is 9. The highest BCUT2D eigenvalue weighted by Crippen LogP contribution is 2.19. The zero-order valence-electron chi connectivity index (χ0n) is 16.8. The van der Waals surface area contributed by atoms with E-state index in [0.717, 1.165) is 22.3 Å². The van der Waals surface area contributed by atoms with Gasteiger partial charge in [0.2, 0.25) is 5.91 Å². The second kappa shape index (κ2) is 10.0. The predicted molar refractivity (Wildman–Crippen MR) is 116 cm³/mol. The molecule has 0 saturated heterocycles.